The van der Waals surface area contributed by atoms with E-state index in [4.69, 9.17) is 11.6 Å². The summed E-state index contributed by atoms with van der Waals surface area (Å²) in [5.41, 5.74) is 0. The van der Waals surface area contributed by atoms with Crippen molar-refractivity contribution in [1.82, 2.24) is 9.88 Å². The second-order valence-corrected chi connectivity index (χ2v) is 4.87. The van der Waals surface area contributed by atoms with Crippen molar-refractivity contribution >= 4 is 33.3 Å². The summed E-state index contributed by atoms with van der Waals surface area (Å²) < 4.78 is 0.902. The van der Waals surface area contributed by atoms with E-state index < -0.39 is 0 Å². The molecule has 0 spiro atoms. The Morgan fingerprint density at radius 3 is 2.93 bits per heavy atom. The van der Waals surface area contributed by atoms with E-state index in [1.807, 2.05) is 6.07 Å². The molecule has 5 heteroatoms. The van der Waals surface area contributed by atoms with Crippen LogP contribution in [0.25, 0.3) is 0 Å². The molecule has 0 amide bonds. The molecule has 0 atom stereocenters. The van der Waals surface area contributed by atoms with Gasteiger partial charge in [0.15, 0.2) is 0 Å². The van der Waals surface area contributed by atoms with Gasteiger partial charge in [-0.05, 0) is 29.0 Å². The van der Waals surface area contributed by atoms with Gasteiger partial charge in [-0.1, -0.05) is 11.6 Å². The first-order valence-electron chi connectivity index (χ1n) is 4.41. The first-order valence-corrected chi connectivity index (χ1v) is 5.58. The summed E-state index contributed by atoms with van der Waals surface area (Å²) in [6.45, 7) is 2.10. The van der Waals surface area contributed by atoms with Crippen LogP contribution in [-0.4, -0.2) is 36.1 Å². The normalized spacial score (nSPS) is 17.9. The summed E-state index contributed by atoms with van der Waals surface area (Å²) in [4.78, 5) is 6.46. The molecule has 0 unspecified atom stereocenters. The molecule has 1 aliphatic heterocycles. The fourth-order valence-electron chi connectivity index (χ4n) is 1.50. The SMILES string of the molecule is CN1CC(Nc2ncc(Br)cc2Cl)C1. The Bertz CT molecular complexity index is 339. The molecule has 1 saturated heterocycles. The average molecular weight is 277 g/mol. The first kappa shape index (κ1) is 10.2. The maximum atomic E-state index is 6.02. The maximum absolute atomic E-state index is 6.02. The van der Waals surface area contributed by atoms with Crippen LogP contribution in [0.2, 0.25) is 5.02 Å². The number of hydrogen-bond acceptors (Lipinski definition) is 3. The van der Waals surface area contributed by atoms with Gasteiger partial charge in [-0.15, -0.1) is 0 Å². The van der Waals surface area contributed by atoms with Gasteiger partial charge in [0.2, 0.25) is 0 Å². The summed E-state index contributed by atoms with van der Waals surface area (Å²) in [6, 6.07) is 2.32. The third-order valence-electron chi connectivity index (χ3n) is 2.21. The van der Waals surface area contributed by atoms with Crippen LogP contribution >= 0.6 is 27.5 Å². The summed E-state index contributed by atoms with van der Waals surface area (Å²) in [6.07, 6.45) is 1.75. The summed E-state index contributed by atoms with van der Waals surface area (Å²) >= 11 is 9.34. The largest absolute Gasteiger partial charge is 0.364 e. The molecular weight excluding hydrogens is 265 g/mol. The third-order valence-corrected chi connectivity index (χ3v) is 2.93. The third kappa shape index (κ3) is 2.19. The van der Waals surface area contributed by atoms with E-state index in [0.29, 0.717) is 11.1 Å². The van der Waals surface area contributed by atoms with Crippen molar-refractivity contribution in [3.63, 3.8) is 0 Å². The minimum atomic E-state index is 0.478. The molecule has 1 aliphatic rings. The smallest absolute Gasteiger partial charge is 0.145 e. The minimum absolute atomic E-state index is 0.478. The van der Waals surface area contributed by atoms with Crippen molar-refractivity contribution in [3.05, 3.63) is 21.8 Å². The molecule has 0 aliphatic carbocycles. The standard InChI is InChI=1S/C9H11BrClN3/c1-14-4-7(5-14)13-9-8(11)2-6(10)3-12-9/h2-3,7H,4-5H2,1H3,(H,12,13). The zero-order valence-electron chi connectivity index (χ0n) is 7.80. The summed E-state index contributed by atoms with van der Waals surface area (Å²) in [5, 5.41) is 3.96. The fraction of sp³-hybridized carbons (Fsp3) is 0.444. The first-order chi connectivity index (χ1) is 6.65. The highest BCUT2D eigenvalue weighted by atomic mass is 79.9. The number of aromatic nitrogens is 1. The van der Waals surface area contributed by atoms with E-state index in [1.165, 1.54) is 0 Å². The lowest BCUT2D eigenvalue weighted by atomic mass is 10.1. The highest BCUT2D eigenvalue weighted by molar-refractivity contribution is 9.10. The predicted molar refractivity (Wildman–Crippen MR) is 61.9 cm³/mol. The summed E-state index contributed by atoms with van der Waals surface area (Å²) in [5.74, 6) is 0.771. The lowest BCUT2D eigenvalue weighted by molar-refractivity contribution is 0.205. The summed E-state index contributed by atoms with van der Waals surface area (Å²) in [7, 11) is 2.09. The van der Waals surface area contributed by atoms with Gasteiger partial charge in [-0.3, -0.25) is 0 Å². The number of hydrogen-bond donors (Lipinski definition) is 1. The highest BCUT2D eigenvalue weighted by Gasteiger charge is 2.23. The monoisotopic (exact) mass is 275 g/mol. The van der Waals surface area contributed by atoms with Crippen LogP contribution in [0, 0.1) is 0 Å². The molecule has 1 N–H and O–H groups in total. The van der Waals surface area contributed by atoms with Crippen LogP contribution < -0.4 is 5.32 Å². The Morgan fingerprint density at radius 2 is 2.36 bits per heavy atom. The van der Waals surface area contributed by atoms with Gasteiger partial charge >= 0.3 is 0 Å². The predicted octanol–water partition coefficient (Wildman–Crippen LogP) is 2.22. The topological polar surface area (TPSA) is 28.2 Å². The van der Waals surface area contributed by atoms with Crippen molar-refractivity contribution in [3.8, 4) is 0 Å². The highest BCUT2D eigenvalue weighted by Crippen LogP contribution is 2.24. The number of likely N-dealkylation sites (N-methyl/N-ethyl adjacent to an activating group) is 1. The Morgan fingerprint density at radius 1 is 1.64 bits per heavy atom. The van der Waals surface area contributed by atoms with Gasteiger partial charge in [0.05, 0.1) is 11.1 Å². The molecular formula is C9H11BrClN3. The molecule has 0 aromatic carbocycles. The molecule has 0 saturated carbocycles. The number of nitrogens with one attached hydrogen (secondary N) is 1. The molecule has 1 aromatic rings. The molecule has 1 fully saturated rings. The van der Waals surface area contributed by atoms with E-state index >= 15 is 0 Å². The zero-order valence-corrected chi connectivity index (χ0v) is 10.1. The quantitative estimate of drug-likeness (QED) is 0.898. The van der Waals surface area contributed by atoms with E-state index in [2.05, 4.69) is 38.2 Å². The van der Waals surface area contributed by atoms with Crippen molar-refractivity contribution in [2.45, 2.75) is 6.04 Å². The van der Waals surface area contributed by atoms with E-state index in [0.717, 1.165) is 23.4 Å². The van der Waals surface area contributed by atoms with Gasteiger partial charge in [0.1, 0.15) is 5.82 Å². The zero-order chi connectivity index (χ0) is 10.1. The molecule has 2 heterocycles. The van der Waals surface area contributed by atoms with Crippen LogP contribution in [0.1, 0.15) is 0 Å². The van der Waals surface area contributed by atoms with Crippen molar-refractivity contribution in [2.24, 2.45) is 0 Å². The Kier molecular flexibility index (Phi) is 2.95. The van der Waals surface area contributed by atoms with Gasteiger partial charge < -0.3 is 10.2 Å². The lowest BCUT2D eigenvalue weighted by Crippen LogP contribution is -2.52. The number of halogens is 2. The minimum Gasteiger partial charge on any atom is -0.364 e. The second-order valence-electron chi connectivity index (χ2n) is 3.55. The Hall–Kier alpha value is -0.320. The van der Waals surface area contributed by atoms with Crippen molar-refractivity contribution in [2.75, 3.05) is 25.5 Å². The molecule has 2 rings (SSSR count). The number of pyridine rings is 1. The van der Waals surface area contributed by atoms with Crippen LogP contribution in [0.15, 0.2) is 16.7 Å². The van der Waals surface area contributed by atoms with Gasteiger partial charge in [0.25, 0.3) is 0 Å². The van der Waals surface area contributed by atoms with E-state index in [-0.39, 0.29) is 0 Å². The number of anilines is 1. The van der Waals surface area contributed by atoms with Crippen LogP contribution in [0.3, 0.4) is 0 Å². The number of nitrogens with zero attached hydrogens (tertiary/aromatic N) is 2. The number of likely N-dealkylation sites (tertiary alicyclic amines) is 1. The molecule has 1 aromatic heterocycles. The van der Waals surface area contributed by atoms with E-state index in [9.17, 15) is 0 Å². The van der Waals surface area contributed by atoms with Gasteiger partial charge in [0, 0.05) is 23.8 Å². The Balaban J connectivity index is 2.02. The van der Waals surface area contributed by atoms with E-state index in [1.54, 1.807) is 6.20 Å². The van der Waals surface area contributed by atoms with Gasteiger partial charge in [-0.25, -0.2) is 4.98 Å². The van der Waals surface area contributed by atoms with Crippen LogP contribution in [0.5, 0.6) is 0 Å². The fourth-order valence-corrected chi connectivity index (χ4v) is 2.19. The molecule has 76 valence electrons. The lowest BCUT2D eigenvalue weighted by Gasteiger charge is -2.37. The van der Waals surface area contributed by atoms with Gasteiger partial charge in [-0.2, -0.15) is 0 Å². The van der Waals surface area contributed by atoms with Crippen LogP contribution in [0.4, 0.5) is 5.82 Å². The van der Waals surface area contributed by atoms with Crippen LogP contribution in [-0.2, 0) is 0 Å². The van der Waals surface area contributed by atoms with Crippen molar-refractivity contribution < 1.29 is 0 Å². The second kappa shape index (κ2) is 4.04. The number of rotatable bonds is 2. The van der Waals surface area contributed by atoms with Crippen molar-refractivity contribution in [1.29, 1.82) is 0 Å². The Labute approximate surface area is 96.6 Å². The molecule has 0 bridgehead atoms. The maximum Gasteiger partial charge on any atom is 0.145 e. The molecule has 0 radical (unpaired) electrons. The molecule has 14 heavy (non-hydrogen) atoms. The molecule has 3 nitrogen and oxygen atoms in total. The average Bonchev–Trinajstić information content (AvgIpc) is 2.06.